The first-order valence-corrected chi connectivity index (χ1v) is 10.5. The fraction of sp³-hybridized carbons (Fsp3) is 0.154. The van der Waals surface area contributed by atoms with Crippen LogP contribution < -0.4 is 15.6 Å². The molecule has 162 valence electrons. The molecule has 4 aromatic rings. The van der Waals surface area contributed by atoms with E-state index in [1.54, 1.807) is 18.1 Å². The number of pyridine rings is 1. The Morgan fingerprint density at radius 3 is 2.41 bits per heavy atom. The molecule has 6 nitrogen and oxygen atoms in total. The monoisotopic (exact) mass is 427 g/mol. The number of aromatic nitrogens is 1. The van der Waals surface area contributed by atoms with Crippen LogP contribution in [0.3, 0.4) is 0 Å². The maximum atomic E-state index is 13.1. The Morgan fingerprint density at radius 2 is 1.69 bits per heavy atom. The lowest BCUT2D eigenvalue weighted by molar-refractivity contribution is 0.209. The largest absolute Gasteiger partial charge is 0.497 e. The summed E-state index contributed by atoms with van der Waals surface area (Å²) >= 11 is 0. The molecule has 2 amide bonds. The summed E-state index contributed by atoms with van der Waals surface area (Å²) in [6.45, 7) is 0.659. The fourth-order valence-corrected chi connectivity index (χ4v) is 3.57. The molecule has 0 spiro atoms. The number of rotatable bonds is 7. The number of anilines is 1. The van der Waals surface area contributed by atoms with Crippen LogP contribution in [0.5, 0.6) is 5.75 Å². The highest BCUT2D eigenvalue weighted by atomic mass is 16.5. The Bertz CT molecular complexity index is 1250. The number of ether oxygens (including phenoxy) is 1. The molecule has 0 aliphatic rings. The molecular weight excluding hydrogens is 402 g/mol. The van der Waals surface area contributed by atoms with Gasteiger partial charge in [0.05, 0.1) is 13.7 Å². The third kappa shape index (κ3) is 5.16. The minimum atomic E-state index is -0.253. The zero-order valence-corrected chi connectivity index (χ0v) is 17.9. The van der Waals surface area contributed by atoms with Crippen molar-refractivity contribution in [2.45, 2.75) is 13.0 Å². The summed E-state index contributed by atoms with van der Waals surface area (Å²) in [7, 11) is 1.60. The summed E-state index contributed by atoms with van der Waals surface area (Å²) in [4.78, 5) is 30.4. The number of hydrogen-bond acceptors (Lipinski definition) is 3. The molecular formula is C26H25N3O3. The second-order valence-corrected chi connectivity index (χ2v) is 7.53. The van der Waals surface area contributed by atoms with Crippen molar-refractivity contribution in [1.29, 1.82) is 0 Å². The standard InChI is InChI=1S/C26H25N3O3/c1-32-23-12-13-24-20(17-23)16-21(25(30)28-24)18-29(15-14-19-8-4-2-5-9-19)26(31)27-22-10-6-3-7-11-22/h2-13,16-17H,14-15,18H2,1H3,(H,27,31)(H,28,30). The van der Waals surface area contributed by atoms with Gasteiger partial charge in [0, 0.05) is 28.7 Å². The average Bonchev–Trinajstić information content (AvgIpc) is 2.83. The van der Waals surface area contributed by atoms with Crippen LogP contribution in [0.25, 0.3) is 10.9 Å². The minimum Gasteiger partial charge on any atom is -0.497 e. The van der Waals surface area contributed by atoms with E-state index in [1.165, 1.54) is 0 Å². The van der Waals surface area contributed by atoms with Gasteiger partial charge in [-0.2, -0.15) is 0 Å². The lowest BCUT2D eigenvalue weighted by Gasteiger charge is -2.23. The van der Waals surface area contributed by atoms with E-state index in [0.29, 0.717) is 30.0 Å². The number of fused-ring (bicyclic) bond motifs is 1. The van der Waals surface area contributed by atoms with E-state index >= 15 is 0 Å². The number of H-pyrrole nitrogens is 1. The highest BCUT2D eigenvalue weighted by Crippen LogP contribution is 2.19. The second kappa shape index (κ2) is 9.83. The Hall–Kier alpha value is -4.06. The zero-order chi connectivity index (χ0) is 22.3. The van der Waals surface area contributed by atoms with Crippen molar-refractivity contribution in [2.24, 2.45) is 0 Å². The number of aromatic amines is 1. The van der Waals surface area contributed by atoms with Gasteiger partial charge in [0.15, 0.2) is 0 Å². The topological polar surface area (TPSA) is 74.4 Å². The van der Waals surface area contributed by atoms with Crippen molar-refractivity contribution in [3.8, 4) is 5.75 Å². The molecule has 0 atom stereocenters. The summed E-state index contributed by atoms with van der Waals surface area (Å²) in [6, 6.07) is 26.3. The van der Waals surface area contributed by atoms with Crippen molar-refractivity contribution in [2.75, 3.05) is 19.0 Å². The number of methoxy groups -OCH3 is 1. The Balaban J connectivity index is 1.60. The van der Waals surface area contributed by atoms with Gasteiger partial charge in [-0.25, -0.2) is 4.79 Å². The molecule has 1 aromatic heterocycles. The van der Waals surface area contributed by atoms with Gasteiger partial charge in [-0.1, -0.05) is 48.5 Å². The maximum absolute atomic E-state index is 13.1. The molecule has 0 bridgehead atoms. The highest BCUT2D eigenvalue weighted by molar-refractivity contribution is 5.89. The number of benzene rings is 3. The maximum Gasteiger partial charge on any atom is 0.322 e. The zero-order valence-electron chi connectivity index (χ0n) is 17.9. The Kier molecular flexibility index (Phi) is 6.51. The Morgan fingerprint density at radius 1 is 0.969 bits per heavy atom. The number of hydrogen-bond donors (Lipinski definition) is 2. The number of nitrogens with zero attached hydrogens (tertiary/aromatic N) is 1. The molecule has 0 fully saturated rings. The van der Waals surface area contributed by atoms with Gasteiger partial charge in [0.25, 0.3) is 5.56 Å². The van der Waals surface area contributed by atoms with Crippen LogP contribution in [-0.4, -0.2) is 29.6 Å². The van der Waals surface area contributed by atoms with E-state index < -0.39 is 0 Å². The summed E-state index contributed by atoms with van der Waals surface area (Å²) in [6.07, 6.45) is 0.683. The van der Waals surface area contributed by atoms with Crippen LogP contribution in [0, 0.1) is 0 Å². The third-order valence-corrected chi connectivity index (χ3v) is 5.32. The summed E-state index contributed by atoms with van der Waals surface area (Å²) in [5.41, 5.74) is 2.87. The number of carbonyl (C=O) groups excluding carboxylic acids is 1. The van der Waals surface area contributed by atoms with E-state index in [2.05, 4.69) is 10.3 Å². The van der Waals surface area contributed by atoms with Crippen molar-refractivity contribution in [1.82, 2.24) is 9.88 Å². The van der Waals surface area contributed by atoms with Crippen LogP contribution in [0.1, 0.15) is 11.1 Å². The molecule has 0 saturated carbocycles. The third-order valence-electron chi connectivity index (χ3n) is 5.32. The molecule has 0 saturated heterocycles. The average molecular weight is 428 g/mol. The van der Waals surface area contributed by atoms with Crippen molar-refractivity contribution >= 4 is 22.6 Å². The number of carbonyl (C=O) groups is 1. The number of amides is 2. The van der Waals surface area contributed by atoms with Crippen LogP contribution in [0.2, 0.25) is 0 Å². The summed E-state index contributed by atoms with van der Waals surface area (Å²) in [5.74, 6) is 0.707. The van der Waals surface area contributed by atoms with Gasteiger partial charge >= 0.3 is 6.03 Å². The predicted molar refractivity (Wildman–Crippen MR) is 127 cm³/mol. The highest BCUT2D eigenvalue weighted by Gasteiger charge is 2.17. The van der Waals surface area contributed by atoms with Crippen LogP contribution >= 0.6 is 0 Å². The summed E-state index contributed by atoms with van der Waals surface area (Å²) < 4.78 is 5.30. The Labute approximate surface area is 186 Å². The van der Waals surface area contributed by atoms with Crippen molar-refractivity contribution in [3.63, 3.8) is 0 Å². The quantitative estimate of drug-likeness (QED) is 0.444. The number of nitrogens with one attached hydrogen (secondary N) is 2. The molecule has 6 heteroatoms. The van der Waals surface area contributed by atoms with E-state index in [0.717, 1.165) is 16.5 Å². The SMILES string of the molecule is COc1ccc2[nH]c(=O)c(CN(CCc3ccccc3)C(=O)Nc3ccccc3)cc2c1. The van der Waals surface area contributed by atoms with Crippen molar-refractivity contribution in [3.05, 3.63) is 106 Å². The molecule has 4 rings (SSSR count). The molecule has 0 radical (unpaired) electrons. The van der Waals surface area contributed by atoms with Gasteiger partial charge in [0.1, 0.15) is 5.75 Å². The van der Waals surface area contributed by atoms with Gasteiger partial charge in [-0.15, -0.1) is 0 Å². The smallest absolute Gasteiger partial charge is 0.322 e. The van der Waals surface area contributed by atoms with Gasteiger partial charge in [0.2, 0.25) is 0 Å². The van der Waals surface area contributed by atoms with E-state index in [-0.39, 0.29) is 18.1 Å². The second-order valence-electron chi connectivity index (χ2n) is 7.53. The van der Waals surface area contributed by atoms with Gasteiger partial charge in [-0.3, -0.25) is 4.79 Å². The molecule has 2 N–H and O–H groups in total. The van der Waals surface area contributed by atoms with E-state index in [9.17, 15) is 9.59 Å². The number of para-hydroxylation sites is 1. The molecule has 0 aliphatic heterocycles. The van der Waals surface area contributed by atoms with Gasteiger partial charge < -0.3 is 19.9 Å². The summed E-state index contributed by atoms with van der Waals surface area (Å²) in [5, 5.41) is 3.78. The lowest BCUT2D eigenvalue weighted by atomic mass is 10.1. The van der Waals surface area contributed by atoms with Crippen LogP contribution in [0.4, 0.5) is 10.5 Å². The van der Waals surface area contributed by atoms with Crippen LogP contribution in [-0.2, 0) is 13.0 Å². The molecule has 32 heavy (non-hydrogen) atoms. The van der Waals surface area contributed by atoms with Gasteiger partial charge in [-0.05, 0) is 48.4 Å². The molecule has 3 aromatic carbocycles. The normalized spacial score (nSPS) is 10.7. The lowest BCUT2D eigenvalue weighted by Crippen LogP contribution is -2.37. The fourth-order valence-electron chi connectivity index (χ4n) is 3.57. The first-order chi connectivity index (χ1) is 15.6. The minimum absolute atomic E-state index is 0.188. The van der Waals surface area contributed by atoms with E-state index in [4.69, 9.17) is 4.74 Å². The van der Waals surface area contributed by atoms with Crippen molar-refractivity contribution < 1.29 is 9.53 Å². The molecule has 0 unspecified atom stereocenters. The first-order valence-electron chi connectivity index (χ1n) is 10.5. The predicted octanol–water partition coefficient (Wildman–Crippen LogP) is 4.81. The molecule has 0 aliphatic carbocycles. The molecule has 1 heterocycles. The van der Waals surface area contributed by atoms with E-state index in [1.807, 2.05) is 78.9 Å². The first kappa shape index (κ1) is 21.2. The van der Waals surface area contributed by atoms with Crippen LogP contribution in [0.15, 0.2) is 89.7 Å². The number of urea groups is 1.